The Balaban J connectivity index is 1.68. The molecule has 2 unspecified atom stereocenters. The average molecular weight is 413 g/mol. The first kappa shape index (κ1) is 19.1. The maximum absolute atomic E-state index is 13.1. The SMILES string of the molecule is COc1ccc(C2=CC=C(c3cc(=O)c4ccccc4o3)C3C(=O)N(C)C(=O)C23)cc1. The van der Waals surface area contributed by atoms with Gasteiger partial charge in [0.1, 0.15) is 17.1 Å². The molecule has 1 saturated heterocycles. The molecule has 6 heteroatoms. The predicted molar refractivity (Wildman–Crippen MR) is 116 cm³/mol. The van der Waals surface area contributed by atoms with E-state index in [1.807, 2.05) is 30.3 Å². The van der Waals surface area contributed by atoms with Gasteiger partial charge in [-0.25, -0.2) is 0 Å². The van der Waals surface area contributed by atoms with Crippen molar-refractivity contribution in [3.05, 3.63) is 88.3 Å². The van der Waals surface area contributed by atoms with Gasteiger partial charge in [0.25, 0.3) is 0 Å². The van der Waals surface area contributed by atoms with Gasteiger partial charge in [-0.2, -0.15) is 0 Å². The van der Waals surface area contributed by atoms with Crippen molar-refractivity contribution in [3.63, 3.8) is 0 Å². The van der Waals surface area contributed by atoms with E-state index in [2.05, 4.69) is 0 Å². The number of nitrogens with zero attached hydrogens (tertiary/aromatic N) is 1. The summed E-state index contributed by atoms with van der Waals surface area (Å²) in [6.45, 7) is 0. The smallest absolute Gasteiger partial charge is 0.237 e. The highest BCUT2D eigenvalue weighted by atomic mass is 16.5. The number of methoxy groups -OCH3 is 1. The summed E-state index contributed by atoms with van der Waals surface area (Å²) in [5.74, 6) is -0.995. The Hall–Kier alpha value is -3.93. The van der Waals surface area contributed by atoms with Crippen LogP contribution in [-0.2, 0) is 9.59 Å². The summed E-state index contributed by atoms with van der Waals surface area (Å²) in [7, 11) is 3.08. The number of allylic oxidation sites excluding steroid dienone is 2. The first-order chi connectivity index (χ1) is 15.0. The molecule has 1 aromatic heterocycles. The third-order valence-electron chi connectivity index (χ3n) is 5.98. The van der Waals surface area contributed by atoms with Crippen molar-refractivity contribution < 1.29 is 18.7 Å². The molecule has 2 heterocycles. The number of amides is 2. The minimum Gasteiger partial charge on any atom is -0.497 e. The second-order valence-electron chi connectivity index (χ2n) is 7.63. The third kappa shape index (κ3) is 2.91. The quantitative estimate of drug-likeness (QED) is 0.614. The summed E-state index contributed by atoms with van der Waals surface area (Å²) in [6.07, 6.45) is 3.61. The summed E-state index contributed by atoms with van der Waals surface area (Å²) in [5.41, 5.74) is 2.37. The van der Waals surface area contributed by atoms with E-state index in [1.165, 1.54) is 13.1 Å². The molecule has 0 radical (unpaired) electrons. The van der Waals surface area contributed by atoms with Gasteiger partial charge in [0.2, 0.25) is 11.8 Å². The number of imide groups is 1. The van der Waals surface area contributed by atoms with Gasteiger partial charge in [0.15, 0.2) is 5.43 Å². The van der Waals surface area contributed by atoms with Gasteiger partial charge in [0.05, 0.1) is 24.3 Å². The number of ether oxygens (including phenoxy) is 1. The zero-order chi connectivity index (χ0) is 21.7. The lowest BCUT2D eigenvalue weighted by atomic mass is 9.75. The van der Waals surface area contributed by atoms with Crippen LogP contribution in [0.5, 0.6) is 5.75 Å². The monoisotopic (exact) mass is 413 g/mol. The lowest BCUT2D eigenvalue weighted by Crippen LogP contribution is -2.26. The Morgan fingerprint density at radius 3 is 2.23 bits per heavy atom. The minimum atomic E-state index is -0.746. The molecule has 154 valence electrons. The molecule has 31 heavy (non-hydrogen) atoms. The van der Waals surface area contributed by atoms with E-state index < -0.39 is 11.8 Å². The molecule has 2 amide bonds. The van der Waals surface area contributed by atoms with Crippen molar-refractivity contribution in [1.29, 1.82) is 0 Å². The van der Waals surface area contributed by atoms with Crippen LogP contribution in [0.25, 0.3) is 22.1 Å². The van der Waals surface area contributed by atoms with Crippen LogP contribution in [0.15, 0.2) is 76.0 Å². The second kappa shape index (κ2) is 7.09. The van der Waals surface area contributed by atoms with Crippen LogP contribution in [0.4, 0.5) is 0 Å². The fraction of sp³-hybridized carbons (Fsp3) is 0.160. The van der Waals surface area contributed by atoms with Crippen LogP contribution < -0.4 is 10.2 Å². The molecule has 1 aliphatic carbocycles. The first-order valence-electron chi connectivity index (χ1n) is 9.90. The molecule has 1 aliphatic heterocycles. The van der Waals surface area contributed by atoms with Crippen molar-refractivity contribution >= 4 is 33.9 Å². The summed E-state index contributed by atoms with van der Waals surface area (Å²) in [6, 6.07) is 15.7. The van der Waals surface area contributed by atoms with Crippen molar-refractivity contribution in [2.45, 2.75) is 0 Å². The Labute approximate surface area is 178 Å². The number of para-hydroxylation sites is 1. The van der Waals surface area contributed by atoms with Gasteiger partial charge in [-0.1, -0.05) is 36.4 Å². The van der Waals surface area contributed by atoms with Crippen molar-refractivity contribution in [3.8, 4) is 5.75 Å². The number of rotatable bonds is 3. The molecule has 2 aliphatic rings. The van der Waals surface area contributed by atoms with E-state index in [1.54, 1.807) is 37.5 Å². The van der Waals surface area contributed by atoms with Gasteiger partial charge in [0, 0.05) is 18.7 Å². The normalized spacial score (nSPS) is 20.5. The lowest BCUT2D eigenvalue weighted by molar-refractivity contribution is -0.137. The Bertz CT molecular complexity index is 1350. The number of likely N-dealkylation sites (tertiary alicyclic amines) is 1. The van der Waals surface area contributed by atoms with E-state index in [4.69, 9.17) is 9.15 Å². The molecule has 2 atom stereocenters. The van der Waals surface area contributed by atoms with Gasteiger partial charge in [-0.3, -0.25) is 19.3 Å². The fourth-order valence-electron chi connectivity index (χ4n) is 4.36. The van der Waals surface area contributed by atoms with Gasteiger partial charge >= 0.3 is 0 Å². The minimum absolute atomic E-state index is 0.190. The van der Waals surface area contributed by atoms with E-state index in [0.29, 0.717) is 28.1 Å². The summed E-state index contributed by atoms with van der Waals surface area (Å²) < 4.78 is 11.2. The van der Waals surface area contributed by atoms with Crippen LogP contribution in [0, 0.1) is 11.8 Å². The molecule has 0 N–H and O–H groups in total. The first-order valence-corrected chi connectivity index (χ1v) is 9.90. The maximum Gasteiger partial charge on any atom is 0.237 e. The molecular weight excluding hydrogens is 394 g/mol. The van der Waals surface area contributed by atoms with Crippen LogP contribution >= 0.6 is 0 Å². The second-order valence-corrected chi connectivity index (χ2v) is 7.63. The molecule has 0 bridgehead atoms. The number of carbonyl (C=O) groups is 2. The number of carbonyl (C=O) groups excluding carboxylic acids is 2. The van der Waals surface area contributed by atoms with Gasteiger partial charge in [-0.15, -0.1) is 0 Å². The standard InChI is InChI=1S/C25H19NO5/c1-26-24(28)22-16(14-7-9-15(30-2)10-8-14)11-12-18(23(22)25(26)29)21-13-19(27)17-5-3-4-6-20(17)31-21/h3-13,22-23H,1-2H3. The number of hydrogen-bond donors (Lipinski definition) is 0. The van der Waals surface area contributed by atoms with E-state index in [-0.39, 0.29) is 17.2 Å². The zero-order valence-corrected chi connectivity index (χ0v) is 17.0. The largest absolute Gasteiger partial charge is 0.497 e. The molecule has 1 fully saturated rings. The Morgan fingerprint density at radius 1 is 0.871 bits per heavy atom. The summed E-state index contributed by atoms with van der Waals surface area (Å²) in [4.78, 5) is 39.9. The third-order valence-corrected chi connectivity index (χ3v) is 5.98. The van der Waals surface area contributed by atoms with Crippen LogP contribution in [0.2, 0.25) is 0 Å². The fourth-order valence-corrected chi connectivity index (χ4v) is 4.36. The summed E-state index contributed by atoms with van der Waals surface area (Å²) >= 11 is 0. The average Bonchev–Trinajstić information content (AvgIpc) is 3.03. The van der Waals surface area contributed by atoms with Crippen LogP contribution in [0.1, 0.15) is 11.3 Å². The van der Waals surface area contributed by atoms with Crippen molar-refractivity contribution in [1.82, 2.24) is 4.90 Å². The van der Waals surface area contributed by atoms with Gasteiger partial charge < -0.3 is 9.15 Å². The number of benzene rings is 2. The Kier molecular flexibility index (Phi) is 4.36. The maximum atomic E-state index is 13.1. The zero-order valence-electron chi connectivity index (χ0n) is 17.0. The molecule has 3 aromatic rings. The Morgan fingerprint density at radius 2 is 1.52 bits per heavy atom. The molecule has 6 nitrogen and oxygen atoms in total. The van der Waals surface area contributed by atoms with Crippen LogP contribution in [0.3, 0.4) is 0 Å². The topological polar surface area (TPSA) is 76.8 Å². The van der Waals surface area contributed by atoms with Gasteiger partial charge in [-0.05, 0) is 35.4 Å². The van der Waals surface area contributed by atoms with Crippen LogP contribution in [-0.4, -0.2) is 30.9 Å². The van der Waals surface area contributed by atoms with E-state index >= 15 is 0 Å². The van der Waals surface area contributed by atoms with Crippen molar-refractivity contribution in [2.75, 3.05) is 14.2 Å². The highest BCUT2D eigenvalue weighted by Crippen LogP contribution is 2.46. The van der Waals surface area contributed by atoms with E-state index in [9.17, 15) is 14.4 Å². The van der Waals surface area contributed by atoms with E-state index in [0.717, 1.165) is 16.0 Å². The summed E-state index contributed by atoms with van der Waals surface area (Å²) in [5, 5.41) is 0.472. The molecule has 5 rings (SSSR count). The highest BCUT2D eigenvalue weighted by molar-refractivity contribution is 6.16. The van der Waals surface area contributed by atoms with Crippen molar-refractivity contribution in [2.24, 2.45) is 11.8 Å². The molecule has 2 aromatic carbocycles. The lowest BCUT2D eigenvalue weighted by Gasteiger charge is -2.24. The predicted octanol–water partition coefficient (Wildman–Crippen LogP) is 3.51. The highest BCUT2D eigenvalue weighted by Gasteiger charge is 2.51. The number of fused-ring (bicyclic) bond motifs is 2. The molecule has 0 saturated carbocycles. The molecule has 0 spiro atoms. The molecular formula is C25H19NO5. The number of hydrogen-bond acceptors (Lipinski definition) is 5.